The van der Waals surface area contributed by atoms with E-state index >= 15 is 0 Å². The molecule has 0 unspecified atom stereocenters. The Bertz CT molecular complexity index is 246. The molecule has 0 saturated carbocycles. The van der Waals surface area contributed by atoms with E-state index in [2.05, 4.69) is 17.7 Å². The zero-order valence-corrected chi connectivity index (χ0v) is 6.71. The monoisotopic (exact) mass is 163 g/mol. The highest BCUT2D eigenvalue weighted by Gasteiger charge is 1.94. The molecule has 3 heteroatoms. The summed E-state index contributed by atoms with van der Waals surface area (Å²) in [4.78, 5) is 10.7. The molecule has 0 atom stereocenters. The topological polar surface area (TPSA) is 41.1 Å². The molecule has 0 heterocycles. The number of benzene rings is 1. The van der Waals surface area contributed by atoms with E-state index in [9.17, 15) is 4.79 Å². The van der Waals surface area contributed by atoms with Crippen molar-refractivity contribution in [1.29, 1.82) is 0 Å². The van der Waals surface area contributed by atoms with Crippen LogP contribution in [0.5, 0.6) is 0 Å². The summed E-state index contributed by atoms with van der Waals surface area (Å²) in [5.41, 5.74) is 1.07. The predicted molar refractivity (Wildman–Crippen MR) is 47.2 cm³/mol. The highest BCUT2D eigenvalue weighted by atomic mass is 16.2. The average Bonchev–Trinajstić information content (AvgIpc) is 2.16. The number of urea groups is 1. The van der Waals surface area contributed by atoms with Gasteiger partial charge in [-0.2, -0.15) is 0 Å². The first-order chi connectivity index (χ1) is 5.83. The van der Waals surface area contributed by atoms with Crippen LogP contribution in [0.1, 0.15) is 5.56 Å². The van der Waals surface area contributed by atoms with E-state index in [1.807, 2.05) is 30.3 Å². The maximum Gasteiger partial charge on any atom is 0.315 e. The van der Waals surface area contributed by atoms with Crippen molar-refractivity contribution < 1.29 is 4.79 Å². The maximum absolute atomic E-state index is 10.7. The second-order valence-corrected chi connectivity index (χ2v) is 2.35. The van der Waals surface area contributed by atoms with Gasteiger partial charge in [0.15, 0.2) is 0 Å². The summed E-state index contributed by atoms with van der Waals surface area (Å²) in [6.07, 6.45) is 0. The molecule has 0 fully saturated rings. The van der Waals surface area contributed by atoms with Gasteiger partial charge in [0.05, 0.1) is 0 Å². The molecule has 1 radical (unpaired) electrons. The number of amides is 2. The lowest BCUT2D eigenvalue weighted by Crippen LogP contribution is -2.30. The van der Waals surface area contributed by atoms with E-state index in [0.29, 0.717) is 6.54 Å². The molecule has 0 aliphatic rings. The normalized spacial score (nSPS) is 9.08. The maximum atomic E-state index is 10.7. The molecule has 1 aromatic rings. The molecule has 0 bridgehead atoms. The van der Waals surface area contributed by atoms with Gasteiger partial charge in [0, 0.05) is 13.6 Å². The van der Waals surface area contributed by atoms with Crippen molar-refractivity contribution in [3.8, 4) is 0 Å². The number of nitrogens with one attached hydrogen (secondary N) is 2. The second kappa shape index (κ2) is 4.38. The summed E-state index contributed by atoms with van der Waals surface area (Å²) in [6, 6.07) is 9.43. The van der Waals surface area contributed by atoms with E-state index in [1.165, 1.54) is 0 Å². The van der Waals surface area contributed by atoms with Gasteiger partial charge < -0.3 is 10.6 Å². The minimum Gasteiger partial charge on any atom is -0.336 e. The van der Waals surface area contributed by atoms with Crippen LogP contribution in [-0.4, -0.2) is 6.03 Å². The first-order valence-corrected chi connectivity index (χ1v) is 3.68. The molecule has 0 aliphatic heterocycles. The van der Waals surface area contributed by atoms with Gasteiger partial charge in [0.25, 0.3) is 0 Å². The highest BCUT2D eigenvalue weighted by molar-refractivity contribution is 5.73. The number of hydrogen-bond acceptors (Lipinski definition) is 1. The Morgan fingerprint density at radius 1 is 1.33 bits per heavy atom. The van der Waals surface area contributed by atoms with Crippen molar-refractivity contribution in [2.45, 2.75) is 6.54 Å². The molecule has 0 saturated heterocycles. The van der Waals surface area contributed by atoms with Gasteiger partial charge in [-0.1, -0.05) is 30.3 Å². The Balaban J connectivity index is 2.38. The van der Waals surface area contributed by atoms with Crippen LogP contribution in [0.2, 0.25) is 0 Å². The van der Waals surface area contributed by atoms with Crippen LogP contribution < -0.4 is 10.6 Å². The van der Waals surface area contributed by atoms with E-state index in [0.717, 1.165) is 5.56 Å². The fraction of sp³-hybridized carbons (Fsp3) is 0.111. The van der Waals surface area contributed by atoms with Crippen LogP contribution in [0.25, 0.3) is 0 Å². The highest BCUT2D eigenvalue weighted by Crippen LogP contribution is 1.96. The van der Waals surface area contributed by atoms with Crippen molar-refractivity contribution >= 4 is 6.03 Å². The Labute approximate surface area is 71.8 Å². The molecule has 3 nitrogen and oxygen atoms in total. The van der Waals surface area contributed by atoms with Crippen molar-refractivity contribution in [2.24, 2.45) is 0 Å². The van der Waals surface area contributed by atoms with Crippen molar-refractivity contribution in [3.05, 3.63) is 42.9 Å². The lowest BCUT2D eigenvalue weighted by molar-refractivity contribution is 0.243. The van der Waals surface area contributed by atoms with Crippen molar-refractivity contribution in [3.63, 3.8) is 0 Å². The fourth-order valence-electron chi connectivity index (χ4n) is 0.841. The van der Waals surface area contributed by atoms with Gasteiger partial charge in [-0.15, -0.1) is 0 Å². The number of hydrogen-bond donors (Lipinski definition) is 2. The van der Waals surface area contributed by atoms with E-state index in [4.69, 9.17) is 0 Å². The van der Waals surface area contributed by atoms with Gasteiger partial charge in [0.1, 0.15) is 0 Å². The molecule has 1 rings (SSSR count). The Morgan fingerprint density at radius 3 is 2.58 bits per heavy atom. The zero-order valence-electron chi connectivity index (χ0n) is 6.71. The van der Waals surface area contributed by atoms with Crippen LogP contribution >= 0.6 is 0 Å². The summed E-state index contributed by atoms with van der Waals surface area (Å²) in [7, 11) is 3.24. The minimum absolute atomic E-state index is 0.265. The van der Waals surface area contributed by atoms with Gasteiger partial charge >= 0.3 is 6.03 Å². The van der Waals surface area contributed by atoms with Crippen LogP contribution in [0.15, 0.2) is 30.3 Å². The fourth-order valence-corrected chi connectivity index (χ4v) is 0.841. The minimum atomic E-state index is -0.265. The van der Waals surface area contributed by atoms with Crippen LogP contribution in [0.4, 0.5) is 4.79 Å². The zero-order chi connectivity index (χ0) is 8.81. The van der Waals surface area contributed by atoms with Crippen LogP contribution in [0, 0.1) is 7.05 Å². The largest absolute Gasteiger partial charge is 0.336 e. The third-order valence-electron chi connectivity index (χ3n) is 1.46. The quantitative estimate of drug-likeness (QED) is 0.677. The number of carbonyl (C=O) groups is 1. The smallest absolute Gasteiger partial charge is 0.315 e. The van der Waals surface area contributed by atoms with Crippen molar-refractivity contribution in [2.75, 3.05) is 0 Å². The van der Waals surface area contributed by atoms with E-state index in [1.54, 1.807) is 0 Å². The first kappa shape index (κ1) is 8.59. The molecule has 0 aliphatic carbocycles. The summed E-state index contributed by atoms with van der Waals surface area (Å²) in [5, 5.41) is 4.87. The Kier molecular flexibility index (Phi) is 3.14. The Hall–Kier alpha value is -1.51. The lowest BCUT2D eigenvalue weighted by Gasteiger charge is -2.02. The average molecular weight is 163 g/mol. The first-order valence-electron chi connectivity index (χ1n) is 3.68. The summed E-state index contributed by atoms with van der Waals surface area (Å²) in [6.45, 7) is 0.530. The third kappa shape index (κ3) is 2.62. The lowest BCUT2D eigenvalue weighted by atomic mass is 10.2. The van der Waals surface area contributed by atoms with Gasteiger partial charge in [-0.3, -0.25) is 0 Å². The van der Waals surface area contributed by atoms with Gasteiger partial charge in [-0.05, 0) is 5.56 Å². The third-order valence-corrected chi connectivity index (χ3v) is 1.46. The number of rotatable bonds is 2. The SMILES string of the molecule is [CH2]NC(=O)NCc1ccccc1. The second-order valence-electron chi connectivity index (χ2n) is 2.35. The summed E-state index contributed by atoms with van der Waals surface area (Å²) < 4.78 is 0. The Morgan fingerprint density at radius 2 is 2.00 bits per heavy atom. The summed E-state index contributed by atoms with van der Waals surface area (Å²) >= 11 is 0. The van der Waals surface area contributed by atoms with E-state index in [-0.39, 0.29) is 6.03 Å². The van der Waals surface area contributed by atoms with E-state index < -0.39 is 0 Å². The molecule has 63 valence electrons. The van der Waals surface area contributed by atoms with Crippen LogP contribution in [-0.2, 0) is 6.54 Å². The van der Waals surface area contributed by atoms with Crippen LogP contribution in [0.3, 0.4) is 0 Å². The molecular weight excluding hydrogens is 152 g/mol. The number of carbonyl (C=O) groups excluding carboxylic acids is 1. The van der Waals surface area contributed by atoms with Gasteiger partial charge in [-0.25, -0.2) is 4.79 Å². The molecule has 0 spiro atoms. The summed E-state index contributed by atoms with van der Waals surface area (Å²) in [5.74, 6) is 0. The van der Waals surface area contributed by atoms with Crippen molar-refractivity contribution in [1.82, 2.24) is 10.6 Å². The molecule has 12 heavy (non-hydrogen) atoms. The predicted octanol–water partition coefficient (Wildman–Crippen LogP) is 1.28. The molecule has 0 aromatic heterocycles. The molecule has 2 amide bonds. The molecule has 1 aromatic carbocycles. The molecule has 2 N–H and O–H groups in total. The standard InChI is InChI=1S/C9H11N2O/c1-10-9(12)11-7-8-5-3-2-4-6-8/h2-6H,1,7H2,(H2,10,11,12). The van der Waals surface area contributed by atoms with Gasteiger partial charge in [0.2, 0.25) is 0 Å². The molecular formula is C9H11N2O.